The van der Waals surface area contributed by atoms with Crippen LogP contribution in [0.2, 0.25) is 0 Å². The lowest BCUT2D eigenvalue weighted by molar-refractivity contribution is 0.00791. The van der Waals surface area contributed by atoms with E-state index in [1.807, 2.05) is 6.07 Å². The summed E-state index contributed by atoms with van der Waals surface area (Å²) in [5.74, 6) is 0.696. The molecule has 0 radical (unpaired) electrons. The van der Waals surface area contributed by atoms with Gasteiger partial charge >= 0.3 is 0 Å². The maximum atomic E-state index is 14.8. The van der Waals surface area contributed by atoms with Gasteiger partial charge in [0.25, 0.3) is 5.56 Å². The number of aromatic nitrogens is 2. The molecule has 2 N–H and O–H groups in total. The zero-order valence-electron chi connectivity index (χ0n) is 19.0. The van der Waals surface area contributed by atoms with Gasteiger partial charge in [-0.15, -0.1) is 0 Å². The average molecular weight is 477 g/mol. The molecule has 0 bridgehead atoms. The highest BCUT2D eigenvalue weighted by molar-refractivity contribution is 7.99. The van der Waals surface area contributed by atoms with Gasteiger partial charge in [0.2, 0.25) is 0 Å². The molecule has 7 nitrogen and oxygen atoms in total. The summed E-state index contributed by atoms with van der Waals surface area (Å²) in [6.07, 6.45) is 6.41. The molecule has 2 aromatic rings. The van der Waals surface area contributed by atoms with Crippen molar-refractivity contribution < 1.29 is 13.9 Å². The number of H-pyrrole nitrogens is 1. The fraction of sp³-hybridized carbons (Fsp3) is 0.667. The molecule has 1 aromatic heterocycles. The zero-order valence-corrected chi connectivity index (χ0v) is 19.8. The van der Waals surface area contributed by atoms with Gasteiger partial charge in [-0.05, 0) is 50.7 Å². The van der Waals surface area contributed by atoms with Crippen molar-refractivity contribution in [2.24, 2.45) is 0 Å². The Kier molecular flexibility index (Phi) is 7.49. The van der Waals surface area contributed by atoms with Crippen molar-refractivity contribution in [2.75, 3.05) is 44.8 Å². The second-order valence-electron chi connectivity index (χ2n) is 9.29. The van der Waals surface area contributed by atoms with Crippen molar-refractivity contribution in [3.63, 3.8) is 0 Å². The summed E-state index contributed by atoms with van der Waals surface area (Å²) in [6.45, 7) is 5.27. The Morgan fingerprint density at radius 1 is 1.06 bits per heavy atom. The lowest BCUT2D eigenvalue weighted by Crippen LogP contribution is -2.46. The summed E-state index contributed by atoms with van der Waals surface area (Å²) in [6, 6.07) is 4.19. The molecule has 0 unspecified atom stereocenters. The summed E-state index contributed by atoms with van der Waals surface area (Å²) in [7, 11) is 0. The van der Waals surface area contributed by atoms with E-state index in [9.17, 15) is 9.18 Å². The predicted molar refractivity (Wildman–Crippen MR) is 130 cm³/mol. The molecule has 33 heavy (non-hydrogen) atoms. The summed E-state index contributed by atoms with van der Waals surface area (Å²) >= 11 is 1.78. The summed E-state index contributed by atoms with van der Waals surface area (Å²) in [5, 5.41) is 4.05. The van der Waals surface area contributed by atoms with Crippen LogP contribution in [-0.2, 0) is 15.2 Å². The number of nitrogens with zero attached hydrogens (tertiary/aromatic N) is 2. The van der Waals surface area contributed by atoms with Crippen molar-refractivity contribution in [1.82, 2.24) is 14.9 Å². The Morgan fingerprint density at radius 3 is 2.55 bits per heavy atom. The fourth-order valence-electron chi connectivity index (χ4n) is 5.23. The van der Waals surface area contributed by atoms with E-state index in [1.165, 1.54) is 6.07 Å². The van der Waals surface area contributed by atoms with Crippen LogP contribution in [0.25, 0.3) is 10.9 Å². The van der Waals surface area contributed by atoms with Crippen molar-refractivity contribution in [3.05, 3.63) is 34.1 Å². The van der Waals surface area contributed by atoms with Crippen LogP contribution in [-0.4, -0.2) is 71.7 Å². The molecule has 0 spiro atoms. The lowest BCUT2D eigenvalue weighted by Gasteiger charge is -2.39. The molecule has 5 rings (SSSR count). The van der Waals surface area contributed by atoms with Gasteiger partial charge in [-0.25, -0.2) is 9.37 Å². The third kappa shape index (κ3) is 5.70. The quantitative estimate of drug-likeness (QED) is 0.660. The molecule has 1 aromatic carbocycles. The first-order valence-electron chi connectivity index (χ1n) is 12.2. The maximum Gasteiger partial charge on any atom is 0.261 e. The van der Waals surface area contributed by atoms with E-state index in [2.05, 4.69) is 20.2 Å². The number of hydrogen-bond acceptors (Lipinski definition) is 7. The molecule has 2 aliphatic heterocycles. The molecule has 1 saturated carbocycles. The van der Waals surface area contributed by atoms with Crippen LogP contribution in [0.15, 0.2) is 16.9 Å². The summed E-state index contributed by atoms with van der Waals surface area (Å²) in [4.78, 5) is 22.5. The van der Waals surface area contributed by atoms with Gasteiger partial charge in [0.05, 0.1) is 24.5 Å². The molecule has 3 fully saturated rings. The number of anilines is 1. The van der Waals surface area contributed by atoms with E-state index >= 15 is 0 Å². The molecule has 0 amide bonds. The summed E-state index contributed by atoms with van der Waals surface area (Å²) < 4.78 is 25.7. The van der Waals surface area contributed by atoms with E-state index < -0.39 is 11.4 Å². The van der Waals surface area contributed by atoms with E-state index in [1.54, 1.807) is 11.8 Å². The van der Waals surface area contributed by atoms with Crippen LogP contribution < -0.4 is 10.9 Å². The van der Waals surface area contributed by atoms with Gasteiger partial charge in [-0.2, -0.15) is 11.8 Å². The minimum atomic E-state index is -0.519. The van der Waals surface area contributed by atoms with E-state index in [0.717, 1.165) is 78.0 Å². The van der Waals surface area contributed by atoms with Crippen LogP contribution in [0.1, 0.15) is 44.3 Å². The zero-order chi connectivity index (χ0) is 22.6. The summed E-state index contributed by atoms with van der Waals surface area (Å²) in [5.41, 5.74) is 0.722. The third-order valence-electron chi connectivity index (χ3n) is 7.06. The molecule has 180 valence electrons. The number of fused-ring (bicyclic) bond motifs is 1. The largest absolute Gasteiger partial charge is 0.382 e. The predicted octanol–water partition coefficient (Wildman–Crippen LogP) is 3.53. The number of aromatic amines is 1. The number of rotatable bonds is 6. The number of nitrogens with one attached hydrogen (secondary N) is 2. The Bertz CT molecular complexity index is 999. The second-order valence-corrected chi connectivity index (χ2v) is 10.6. The highest BCUT2D eigenvalue weighted by Crippen LogP contribution is 2.28. The van der Waals surface area contributed by atoms with Gasteiger partial charge in [0.15, 0.2) is 0 Å². The minimum Gasteiger partial charge on any atom is -0.382 e. The van der Waals surface area contributed by atoms with E-state index in [4.69, 9.17) is 9.47 Å². The highest BCUT2D eigenvalue weighted by Gasteiger charge is 2.27. The van der Waals surface area contributed by atoms with E-state index in [-0.39, 0.29) is 5.39 Å². The maximum absolute atomic E-state index is 14.8. The molecular weight excluding hydrogens is 443 g/mol. The fourth-order valence-corrected chi connectivity index (χ4v) is 6.28. The van der Waals surface area contributed by atoms with Gasteiger partial charge in [0.1, 0.15) is 17.0 Å². The van der Waals surface area contributed by atoms with Gasteiger partial charge in [-0.3, -0.25) is 9.69 Å². The highest BCUT2D eigenvalue weighted by atomic mass is 32.2. The first-order valence-corrected chi connectivity index (χ1v) is 13.2. The van der Waals surface area contributed by atoms with E-state index in [0.29, 0.717) is 40.1 Å². The first kappa shape index (κ1) is 23.1. The van der Waals surface area contributed by atoms with Gasteiger partial charge in [0, 0.05) is 49.3 Å². The van der Waals surface area contributed by atoms with Gasteiger partial charge in [-0.1, -0.05) is 0 Å². The lowest BCUT2D eigenvalue weighted by atomic mass is 9.89. The number of halogens is 1. The van der Waals surface area contributed by atoms with Crippen molar-refractivity contribution >= 4 is 28.4 Å². The van der Waals surface area contributed by atoms with Crippen molar-refractivity contribution in [3.8, 4) is 0 Å². The van der Waals surface area contributed by atoms with Crippen LogP contribution in [0.3, 0.4) is 0 Å². The van der Waals surface area contributed by atoms with Crippen LogP contribution >= 0.6 is 11.8 Å². The number of ether oxygens (including phenoxy) is 2. The molecule has 0 atom stereocenters. The SMILES string of the molecule is O=c1[nH]c(CSC2CCOCC2)nc2cc(N[C@H]3CC[C@H](N4CCOCC4)CC3)cc(F)c12. The number of hydrogen-bond donors (Lipinski definition) is 2. The molecular formula is C24H33FN4O3S. The third-order valence-corrected chi connectivity index (χ3v) is 8.45. The number of thioether (sulfide) groups is 1. The number of benzene rings is 1. The normalized spacial score (nSPS) is 25.4. The van der Waals surface area contributed by atoms with Crippen LogP contribution in [0.4, 0.5) is 10.1 Å². The minimum absolute atomic E-state index is 0.0383. The average Bonchev–Trinajstić information content (AvgIpc) is 2.84. The first-order chi connectivity index (χ1) is 16.2. The Morgan fingerprint density at radius 2 is 1.79 bits per heavy atom. The smallest absolute Gasteiger partial charge is 0.261 e. The van der Waals surface area contributed by atoms with Gasteiger partial charge < -0.3 is 19.8 Å². The molecule has 1 aliphatic carbocycles. The Labute approximate surface area is 197 Å². The second kappa shape index (κ2) is 10.7. The molecule has 3 heterocycles. The molecule has 9 heteroatoms. The Hall–Kier alpha value is -1.68. The standard InChI is InChI=1S/C24H33FN4O3S/c25-20-13-17(26-16-1-3-18(4-2-16)29-7-11-32-12-8-29)14-21-23(20)24(30)28-22(27-21)15-33-19-5-9-31-10-6-19/h13-14,16,18-19,26H,1-12,15H2,(H,27,28,30)/t16-,18-. The Balaban J connectivity index is 1.24. The molecule has 3 aliphatic rings. The van der Waals surface area contributed by atoms with Crippen molar-refractivity contribution in [1.29, 1.82) is 0 Å². The number of morpholine rings is 1. The van der Waals surface area contributed by atoms with Crippen LogP contribution in [0.5, 0.6) is 0 Å². The monoisotopic (exact) mass is 476 g/mol. The van der Waals surface area contributed by atoms with Crippen LogP contribution in [0, 0.1) is 5.82 Å². The van der Waals surface area contributed by atoms with Crippen molar-refractivity contribution in [2.45, 2.75) is 61.6 Å². The topological polar surface area (TPSA) is 79.5 Å². The molecule has 2 saturated heterocycles.